The van der Waals surface area contributed by atoms with Crippen LogP contribution in [0.1, 0.15) is 53.1 Å². The molecule has 5 rings (SSSR count). The molecule has 1 saturated heterocycles. The van der Waals surface area contributed by atoms with E-state index in [4.69, 9.17) is 11.6 Å². The number of hydrogen-bond donors (Lipinski definition) is 1. The highest BCUT2D eigenvalue weighted by atomic mass is 35.5. The molecule has 1 heterocycles. The molecule has 7 heteroatoms. The number of Topliss-reactive ketones (excluding diaryl/α,β-unsaturated/α-hetero) is 1. The van der Waals surface area contributed by atoms with Gasteiger partial charge in [-0.25, -0.2) is 4.39 Å². The van der Waals surface area contributed by atoms with E-state index in [1.54, 1.807) is 6.08 Å². The maximum Gasteiger partial charge on any atom is 0.183 e. The molecule has 1 aliphatic carbocycles. The van der Waals surface area contributed by atoms with Crippen molar-refractivity contribution in [2.24, 2.45) is 0 Å². The summed E-state index contributed by atoms with van der Waals surface area (Å²) in [4.78, 5) is 37.5. The van der Waals surface area contributed by atoms with Crippen LogP contribution in [0.5, 0.6) is 0 Å². The van der Waals surface area contributed by atoms with Crippen LogP contribution in [0.2, 0.25) is 5.02 Å². The van der Waals surface area contributed by atoms with Gasteiger partial charge < -0.3 is 10.0 Å². The minimum atomic E-state index is -0.801. The lowest BCUT2D eigenvalue weighted by Crippen LogP contribution is -2.42. The third kappa shape index (κ3) is 8.77. The quantitative estimate of drug-likeness (QED) is 0.163. The molecule has 0 saturated carbocycles. The summed E-state index contributed by atoms with van der Waals surface area (Å²) in [5, 5.41) is 11.5. The Morgan fingerprint density at radius 3 is 2.26 bits per heavy atom. The normalized spacial score (nSPS) is 17.0. The number of rotatable bonds is 9. The van der Waals surface area contributed by atoms with E-state index >= 15 is 0 Å². The van der Waals surface area contributed by atoms with Crippen molar-refractivity contribution in [3.8, 4) is 0 Å². The molecule has 1 fully saturated rings. The summed E-state index contributed by atoms with van der Waals surface area (Å²) in [5.74, 6) is -0.791. The average molecular weight is 600 g/mol. The van der Waals surface area contributed by atoms with Gasteiger partial charge in [-0.05, 0) is 91.6 Å². The standard InChI is InChI=1S/C21H23ClFNO2.C15H12O2/c22-18-7-5-17(6-8-18)21(26)11-14-24(15-12-21)13-1-2-20(25)16-3-9-19(23)10-4-16;1-2-13(11-6-4-3-5-7-11)14-10-12(16)8-9-15(14)17/h3-10,26H,1-2,11-15H2;2-10,13H,1H2. The number of allylic oxidation sites excluding steroid dienone is 5. The maximum absolute atomic E-state index is 12.9. The number of benzene rings is 3. The van der Waals surface area contributed by atoms with Gasteiger partial charge in [-0.2, -0.15) is 0 Å². The van der Waals surface area contributed by atoms with Crippen LogP contribution in [0.25, 0.3) is 0 Å². The molecule has 1 unspecified atom stereocenters. The van der Waals surface area contributed by atoms with Gasteiger partial charge in [0.25, 0.3) is 0 Å². The zero-order valence-corrected chi connectivity index (χ0v) is 24.7. The molecule has 0 aromatic heterocycles. The summed E-state index contributed by atoms with van der Waals surface area (Å²) in [7, 11) is 0. The smallest absolute Gasteiger partial charge is 0.183 e. The molecule has 1 aliphatic heterocycles. The van der Waals surface area contributed by atoms with Gasteiger partial charge in [0.15, 0.2) is 17.3 Å². The number of halogens is 2. The van der Waals surface area contributed by atoms with Crippen molar-refractivity contribution >= 4 is 29.0 Å². The van der Waals surface area contributed by atoms with Gasteiger partial charge >= 0.3 is 0 Å². The first-order valence-electron chi connectivity index (χ1n) is 14.3. The van der Waals surface area contributed by atoms with Crippen LogP contribution in [-0.4, -0.2) is 47.0 Å². The van der Waals surface area contributed by atoms with Crippen molar-refractivity contribution in [1.82, 2.24) is 4.90 Å². The van der Waals surface area contributed by atoms with E-state index in [1.165, 1.54) is 42.5 Å². The first kappa shape index (κ1) is 32.0. The van der Waals surface area contributed by atoms with Gasteiger partial charge in [0.1, 0.15) is 5.82 Å². The fraction of sp³-hybridized carbons (Fsp3) is 0.250. The van der Waals surface area contributed by atoms with E-state index in [1.807, 2.05) is 54.6 Å². The lowest BCUT2D eigenvalue weighted by Gasteiger charge is -2.38. The minimum Gasteiger partial charge on any atom is -0.385 e. The molecule has 222 valence electrons. The van der Waals surface area contributed by atoms with E-state index in [-0.39, 0.29) is 29.1 Å². The van der Waals surface area contributed by atoms with Crippen LogP contribution in [0.4, 0.5) is 4.39 Å². The van der Waals surface area contributed by atoms with Gasteiger partial charge in [-0.3, -0.25) is 14.4 Å². The predicted octanol–water partition coefficient (Wildman–Crippen LogP) is 7.02. The number of hydrogen-bond acceptors (Lipinski definition) is 5. The van der Waals surface area contributed by atoms with E-state index in [0.717, 1.165) is 37.2 Å². The van der Waals surface area contributed by atoms with Crippen molar-refractivity contribution in [2.45, 2.75) is 37.2 Å². The number of carbonyl (C=O) groups excluding carboxylic acids is 3. The van der Waals surface area contributed by atoms with Crippen LogP contribution in [0.3, 0.4) is 0 Å². The third-order valence-electron chi connectivity index (χ3n) is 7.82. The summed E-state index contributed by atoms with van der Waals surface area (Å²) in [6.45, 7) is 6.16. The van der Waals surface area contributed by atoms with E-state index in [0.29, 0.717) is 35.4 Å². The SMILES string of the molecule is C=CC(C1=CC(=O)C=CC1=O)c1ccccc1.O=C(CCCN1CCC(O)(c2ccc(Cl)cc2)CC1)c1ccc(F)cc1. The Balaban J connectivity index is 0.000000215. The molecule has 0 radical (unpaired) electrons. The number of carbonyl (C=O) groups is 3. The van der Waals surface area contributed by atoms with Crippen LogP contribution >= 0.6 is 11.6 Å². The second-order valence-electron chi connectivity index (χ2n) is 10.7. The molecule has 5 nitrogen and oxygen atoms in total. The Morgan fingerprint density at radius 1 is 0.977 bits per heavy atom. The van der Waals surface area contributed by atoms with Crippen molar-refractivity contribution < 1.29 is 23.9 Å². The monoisotopic (exact) mass is 599 g/mol. The summed E-state index contributed by atoms with van der Waals surface area (Å²) in [6, 6.07) is 22.6. The molecule has 0 spiro atoms. The highest BCUT2D eigenvalue weighted by Gasteiger charge is 2.33. The molecular weight excluding hydrogens is 565 g/mol. The lowest BCUT2D eigenvalue weighted by atomic mass is 9.84. The van der Waals surface area contributed by atoms with Crippen molar-refractivity contribution in [2.75, 3.05) is 19.6 Å². The number of nitrogens with zero attached hydrogens (tertiary/aromatic N) is 1. The zero-order chi connectivity index (χ0) is 30.8. The van der Waals surface area contributed by atoms with Crippen molar-refractivity contribution in [3.63, 3.8) is 0 Å². The molecular formula is C36H35ClFNO4. The lowest BCUT2D eigenvalue weighted by molar-refractivity contribution is -0.114. The predicted molar refractivity (Wildman–Crippen MR) is 168 cm³/mol. The summed E-state index contributed by atoms with van der Waals surface area (Å²) in [6.07, 6.45) is 8.22. The minimum absolute atomic E-state index is 0.0414. The molecule has 3 aromatic rings. The average Bonchev–Trinajstić information content (AvgIpc) is 3.02. The number of ketones is 3. The van der Waals surface area contributed by atoms with E-state index in [2.05, 4.69) is 11.5 Å². The molecule has 0 amide bonds. The summed E-state index contributed by atoms with van der Waals surface area (Å²) < 4.78 is 12.9. The molecule has 1 atom stereocenters. The number of piperidine rings is 1. The van der Waals surface area contributed by atoms with Crippen LogP contribution in [0.15, 0.2) is 115 Å². The number of likely N-dealkylation sites (tertiary alicyclic amines) is 1. The van der Waals surface area contributed by atoms with Gasteiger partial charge in [0.2, 0.25) is 0 Å². The third-order valence-corrected chi connectivity index (χ3v) is 8.07. The highest BCUT2D eigenvalue weighted by molar-refractivity contribution is 6.30. The first-order chi connectivity index (χ1) is 20.7. The van der Waals surface area contributed by atoms with Crippen molar-refractivity contribution in [1.29, 1.82) is 0 Å². The molecule has 0 bridgehead atoms. The second-order valence-corrected chi connectivity index (χ2v) is 11.2. The molecule has 3 aromatic carbocycles. The molecule has 2 aliphatic rings. The van der Waals surface area contributed by atoms with Gasteiger partial charge in [-0.1, -0.05) is 60.1 Å². The van der Waals surface area contributed by atoms with Crippen LogP contribution in [0, 0.1) is 5.82 Å². The second kappa shape index (κ2) is 15.0. The Hall–Kier alpha value is -3.97. The fourth-order valence-electron chi connectivity index (χ4n) is 5.31. The van der Waals surface area contributed by atoms with Gasteiger partial charge in [-0.15, -0.1) is 6.58 Å². The van der Waals surface area contributed by atoms with Gasteiger partial charge in [0, 0.05) is 41.6 Å². The Kier molecular flexibility index (Phi) is 11.1. The first-order valence-corrected chi connectivity index (χ1v) is 14.7. The number of aliphatic hydroxyl groups is 1. The van der Waals surface area contributed by atoms with Crippen LogP contribution in [-0.2, 0) is 15.2 Å². The molecule has 43 heavy (non-hydrogen) atoms. The van der Waals surface area contributed by atoms with E-state index < -0.39 is 5.60 Å². The highest BCUT2D eigenvalue weighted by Crippen LogP contribution is 2.33. The Bertz CT molecular complexity index is 1490. The summed E-state index contributed by atoms with van der Waals surface area (Å²) >= 11 is 5.92. The maximum atomic E-state index is 12.9. The Labute approximate surface area is 257 Å². The largest absolute Gasteiger partial charge is 0.385 e. The summed E-state index contributed by atoms with van der Waals surface area (Å²) in [5.41, 5.74) is 2.12. The van der Waals surface area contributed by atoms with E-state index in [9.17, 15) is 23.9 Å². The molecule has 1 N–H and O–H groups in total. The van der Waals surface area contributed by atoms with Gasteiger partial charge in [0.05, 0.1) is 5.60 Å². The zero-order valence-electron chi connectivity index (χ0n) is 23.9. The topological polar surface area (TPSA) is 74.7 Å². The van der Waals surface area contributed by atoms with Crippen LogP contribution < -0.4 is 0 Å². The fourth-order valence-corrected chi connectivity index (χ4v) is 5.44. The van der Waals surface area contributed by atoms with Crippen molar-refractivity contribution in [3.05, 3.63) is 143 Å². The Morgan fingerprint density at radius 2 is 1.63 bits per heavy atom.